The van der Waals surface area contributed by atoms with Crippen LogP contribution in [0.2, 0.25) is 0 Å². The maximum Gasteiger partial charge on any atom is 0.303 e. The number of carbonyl (C=O) groups is 2. The fourth-order valence-corrected chi connectivity index (χ4v) is 0.214. The summed E-state index contributed by atoms with van der Waals surface area (Å²) in [6.45, 7) is 0. The molecule has 0 unspecified atom stereocenters. The van der Waals surface area contributed by atoms with Crippen LogP contribution >= 0.6 is 0 Å². The normalized spacial score (nSPS) is 6.00. The molecule has 78 valence electrons. The molecule has 0 aromatic carbocycles. The summed E-state index contributed by atoms with van der Waals surface area (Å²) >= 11 is 0. The molecule has 0 aliphatic heterocycles. The van der Waals surface area contributed by atoms with Gasteiger partial charge in [0.1, 0.15) is 0 Å². The number of hydrogen-bond donors (Lipinski definition) is 4. The lowest BCUT2D eigenvalue weighted by molar-refractivity contribution is -0.143. The van der Waals surface area contributed by atoms with Crippen molar-refractivity contribution in [3.63, 3.8) is 0 Å². The molecular weight excluding hydrogens is 196 g/mol. The van der Waals surface area contributed by atoms with Gasteiger partial charge in [-0.15, -0.1) is 0 Å². The Labute approximate surface area is 78.2 Å². The highest BCUT2D eigenvalue weighted by Gasteiger charge is 2.00. The van der Waals surface area contributed by atoms with Gasteiger partial charge in [-0.25, -0.2) is 20.4 Å². The molecule has 0 saturated carbocycles. The van der Waals surface area contributed by atoms with Crippen LogP contribution < -0.4 is 0 Å². The monoisotopic (exact) mass is 204 g/mol. The van der Waals surface area contributed by atoms with E-state index in [1.165, 1.54) is 0 Å². The average molecular weight is 204 g/mol. The molecule has 0 amide bonds. The lowest BCUT2D eigenvalue weighted by atomic mass is 10.3. The molecule has 0 aromatic heterocycles. The van der Waals surface area contributed by atoms with Crippen LogP contribution in [-0.2, 0) is 19.2 Å². The molecule has 0 radical (unpaired) electrons. The maximum atomic E-state index is 9.64. The topological polar surface area (TPSA) is 156 Å². The highest BCUT2D eigenvalue weighted by molar-refractivity contribution is 5.75. The Morgan fingerprint density at radius 3 is 1.14 bits per heavy atom. The van der Waals surface area contributed by atoms with Crippen LogP contribution in [-0.4, -0.2) is 34.3 Å². The number of rotatable bonds is 3. The molecule has 14 heavy (non-hydrogen) atoms. The van der Waals surface area contributed by atoms with Crippen molar-refractivity contribution >= 4 is 24.1 Å². The Morgan fingerprint density at radius 2 is 1.07 bits per heavy atom. The first-order chi connectivity index (χ1) is 6.45. The van der Waals surface area contributed by atoms with Crippen LogP contribution in [0.25, 0.3) is 0 Å². The number of aliphatic carboxylic acids is 2. The number of carboxylic acid groups (broad SMARTS) is 2. The van der Waals surface area contributed by atoms with Gasteiger partial charge in [-0.05, 0) is 0 Å². The number of carbonyl (C=O) groups excluding carboxylic acids is 2. The lowest BCUT2D eigenvalue weighted by Crippen LogP contribution is -2.00. The average Bonchev–Trinajstić information content (AvgIpc) is 2.04. The first kappa shape index (κ1) is 17.7. The van der Waals surface area contributed by atoms with E-state index < -0.39 is 11.9 Å². The second kappa shape index (κ2) is 17.0. The fourth-order valence-electron chi connectivity index (χ4n) is 0.214. The summed E-state index contributed by atoms with van der Waals surface area (Å²) in [5.74, 6) is -2.15. The van der Waals surface area contributed by atoms with E-state index in [-0.39, 0.29) is 12.8 Å². The number of carboxylic acids is 2. The van der Waals surface area contributed by atoms with E-state index >= 15 is 0 Å². The Morgan fingerprint density at radius 1 is 0.929 bits per heavy atom. The molecule has 0 rings (SSSR count). The van der Waals surface area contributed by atoms with E-state index in [0.29, 0.717) is 0 Å². The van der Waals surface area contributed by atoms with Gasteiger partial charge in [-0.2, -0.15) is 0 Å². The zero-order valence-electron chi connectivity index (χ0n) is 6.94. The predicted molar refractivity (Wildman–Crippen MR) is 41.3 cm³/mol. The quantitative estimate of drug-likeness (QED) is 0.366. The molecule has 0 aliphatic carbocycles. The van der Waals surface area contributed by atoms with Crippen molar-refractivity contribution in [1.29, 1.82) is 10.8 Å². The summed E-state index contributed by atoms with van der Waals surface area (Å²) in [5.41, 5.74) is 0. The highest BCUT2D eigenvalue weighted by atomic mass is 16.4. The van der Waals surface area contributed by atoms with Gasteiger partial charge in [0, 0.05) is 0 Å². The van der Waals surface area contributed by atoms with E-state index in [9.17, 15) is 9.59 Å². The second-order valence-corrected chi connectivity index (χ2v) is 1.49. The molecule has 8 heteroatoms. The van der Waals surface area contributed by atoms with Gasteiger partial charge < -0.3 is 10.2 Å². The summed E-state index contributed by atoms with van der Waals surface area (Å²) in [6.07, 6.45) is 0.907. The van der Waals surface area contributed by atoms with Gasteiger partial charge in [0.25, 0.3) is 0 Å². The van der Waals surface area contributed by atoms with Gasteiger partial charge in [0.05, 0.1) is 12.8 Å². The van der Waals surface area contributed by atoms with Crippen LogP contribution in [0.1, 0.15) is 12.8 Å². The number of nitrogens with one attached hydrogen (secondary N) is 2. The van der Waals surface area contributed by atoms with Crippen molar-refractivity contribution in [3.05, 3.63) is 0 Å². The molecule has 0 atom stereocenters. The molecule has 0 aliphatic rings. The Kier molecular flexibility index (Phi) is 21.5. The zero-order valence-corrected chi connectivity index (χ0v) is 6.94. The Hall–Kier alpha value is -2.30. The van der Waals surface area contributed by atoms with Crippen molar-refractivity contribution in [2.45, 2.75) is 12.8 Å². The van der Waals surface area contributed by atoms with Crippen molar-refractivity contribution in [2.24, 2.45) is 0 Å². The summed E-state index contributed by atoms with van der Waals surface area (Å²) < 4.78 is 0. The molecule has 4 N–H and O–H groups in total. The second-order valence-electron chi connectivity index (χ2n) is 1.49. The van der Waals surface area contributed by atoms with Gasteiger partial charge in [0.15, 0.2) is 0 Å². The summed E-state index contributed by atoms with van der Waals surface area (Å²) in [5, 5.41) is 26.6. The van der Waals surface area contributed by atoms with Gasteiger partial charge >= 0.3 is 11.9 Å². The molecule has 0 heterocycles. The van der Waals surface area contributed by atoms with E-state index in [4.69, 9.17) is 30.6 Å². The molecule has 8 nitrogen and oxygen atoms in total. The molecule has 0 saturated heterocycles. The van der Waals surface area contributed by atoms with E-state index in [1.807, 2.05) is 0 Å². The van der Waals surface area contributed by atoms with E-state index in [2.05, 4.69) is 0 Å². The van der Waals surface area contributed by atoms with Crippen LogP contribution in [0.5, 0.6) is 0 Å². The van der Waals surface area contributed by atoms with Gasteiger partial charge in [-0.1, -0.05) is 0 Å². The number of hydrogen-bond acceptors (Lipinski definition) is 6. The Bertz CT molecular complexity index is 211. The standard InChI is InChI=1S/C4H6O4.2CHNO/c5-3(6)1-2-4(7)8;2*2-1-3/h1-2H2,(H,5,6)(H,7,8);2*2H. The largest absolute Gasteiger partial charge is 0.481 e. The van der Waals surface area contributed by atoms with E-state index in [0.717, 1.165) is 12.2 Å². The minimum atomic E-state index is -1.08. The van der Waals surface area contributed by atoms with Crippen LogP contribution in [0.3, 0.4) is 0 Å². The predicted octanol–water partition coefficient (Wildman–Crippen LogP) is -0.262. The smallest absolute Gasteiger partial charge is 0.303 e. The maximum absolute atomic E-state index is 9.64. The lowest BCUT2D eigenvalue weighted by Gasteiger charge is -1.85. The van der Waals surface area contributed by atoms with Gasteiger partial charge in [0.2, 0.25) is 12.2 Å². The summed E-state index contributed by atoms with van der Waals surface area (Å²) in [4.78, 5) is 36.0. The van der Waals surface area contributed by atoms with Crippen molar-refractivity contribution < 1.29 is 29.4 Å². The first-order valence-electron chi connectivity index (χ1n) is 2.97. The molecule has 0 fully saturated rings. The third-order valence-corrected chi connectivity index (χ3v) is 0.553. The molecule has 0 aromatic rings. The zero-order chi connectivity index (χ0) is 12.0. The van der Waals surface area contributed by atoms with Gasteiger partial charge in [-0.3, -0.25) is 9.59 Å². The van der Waals surface area contributed by atoms with Crippen LogP contribution in [0, 0.1) is 10.8 Å². The molecular formula is C6H8N2O6. The summed E-state index contributed by atoms with van der Waals surface area (Å²) in [7, 11) is 0. The SMILES string of the molecule is N=C=O.N=C=O.O=C(O)CCC(=O)O. The minimum absolute atomic E-state index is 0.296. The third kappa shape index (κ3) is 101. The summed E-state index contributed by atoms with van der Waals surface area (Å²) in [6, 6.07) is 0. The third-order valence-electron chi connectivity index (χ3n) is 0.553. The van der Waals surface area contributed by atoms with Crippen LogP contribution in [0.4, 0.5) is 0 Å². The minimum Gasteiger partial charge on any atom is -0.481 e. The van der Waals surface area contributed by atoms with Crippen molar-refractivity contribution in [1.82, 2.24) is 0 Å². The highest BCUT2D eigenvalue weighted by Crippen LogP contribution is 1.85. The van der Waals surface area contributed by atoms with Crippen LogP contribution in [0.15, 0.2) is 0 Å². The van der Waals surface area contributed by atoms with E-state index in [1.54, 1.807) is 0 Å². The fraction of sp³-hybridized carbons (Fsp3) is 0.333. The molecule has 0 spiro atoms. The number of isocyanates is 2. The first-order valence-corrected chi connectivity index (χ1v) is 2.97. The van der Waals surface area contributed by atoms with Crippen molar-refractivity contribution in [2.75, 3.05) is 0 Å². The Balaban J connectivity index is -0.000000168. The molecule has 0 bridgehead atoms. The van der Waals surface area contributed by atoms with Crippen molar-refractivity contribution in [3.8, 4) is 0 Å².